The second-order valence-electron chi connectivity index (χ2n) is 6.07. The largest absolute Gasteiger partial charge is 0.314 e. The number of piperidine rings is 1. The predicted molar refractivity (Wildman–Crippen MR) is 79.1 cm³/mol. The Hall–Kier alpha value is -0.130. The molecule has 2 fully saturated rings. The summed E-state index contributed by atoms with van der Waals surface area (Å²) in [6, 6.07) is 0.908. The van der Waals surface area contributed by atoms with Gasteiger partial charge in [-0.3, -0.25) is 4.90 Å². The SMILES string of the molecule is CCCNC1CCN(C2CCS(=O)(=O)C2)CC1CC. The van der Waals surface area contributed by atoms with E-state index < -0.39 is 9.84 Å². The van der Waals surface area contributed by atoms with Crippen molar-refractivity contribution in [2.24, 2.45) is 5.92 Å². The topological polar surface area (TPSA) is 49.4 Å². The van der Waals surface area contributed by atoms with Crippen LogP contribution < -0.4 is 5.32 Å². The minimum absolute atomic E-state index is 0.283. The Morgan fingerprint density at radius 3 is 2.63 bits per heavy atom. The first-order chi connectivity index (χ1) is 9.05. The molecular weight excluding hydrogens is 260 g/mol. The van der Waals surface area contributed by atoms with Crippen LogP contribution in [0.15, 0.2) is 0 Å². The van der Waals surface area contributed by atoms with Gasteiger partial charge in [0.15, 0.2) is 9.84 Å². The summed E-state index contributed by atoms with van der Waals surface area (Å²) < 4.78 is 23.2. The van der Waals surface area contributed by atoms with Crippen LogP contribution in [0, 0.1) is 5.92 Å². The zero-order chi connectivity index (χ0) is 13.9. The summed E-state index contributed by atoms with van der Waals surface area (Å²) in [5, 5.41) is 3.65. The average molecular weight is 288 g/mol. The maximum Gasteiger partial charge on any atom is 0.151 e. The molecule has 2 rings (SSSR count). The third kappa shape index (κ3) is 3.92. The first-order valence-electron chi connectivity index (χ1n) is 7.73. The fourth-order valence-corrected chi connectivity index (χ4v) is 5.23. The molecule has 2 aliphatic rings. The van der Waals surface area contributed by atoms with E-state index >= 15 is 0 Å². The number of nitrogens with one attached hydrogen (secondary N) is 1. The summed E-state index contributed by atoms with van der Waals surface area (Å²) in [5.74, 6) is 1.45. The lowest BCUT2D eigenvalue weighted by atomic mass is 9.89. The van der Waals surface area contributed by atoms with Crippen LogP contribution in [0.4, 0.5) is 0 Å². The Labute approximate surface area is 117 Å². The summed E-state index contributed by atoms with van der Waals surface area (Å²) in [5.41, 5.74) is 0. The predicted octanol–water partition coefficient (Wildman–Crippen LogP) is 1.27. The Bertz CT molecular complexity index is 383. The van der Waals surface area contributed by atoms with Crippen LogP contribution in [0.3, 0.4) is 0 Å². The van der Waals surface area contributed by atoms with Crippen LogP contribution in [0.25, 0.3) is 0 Å². The molecule has 2 saturated heterocycles. The van der Waals surface area contributed by atoms with Crippen LogP contribution in [0.2, 0.25) is 0 Å². The van der Waals surface area contributed by atoms with Crippen LogP contribution in [0.5, 0.6) is 0 Å². The van der Waals surface area contributed by atoms with Gasteiger partial charge < -0.3 is 5.32 Å². The van der Waals surface area contributed by atoms with Crippen LogP contribution >= 0.6 is 0 Å². The zero-order valence-electron chi connectivity index (χ0n) is 12.3. The molecule has 0 aromatic rings. The Morgan fingerprint density at radius 2 is 2.05 bits per heavy atom. The van der Waals surface area contributed by atoms with E-state index in [9.17, 15) is 8.42 Å². The van der Waals surface area contributed by atoms with Gasteiger partial charge in [-0.15, -0.1) is 0 Å². The number of sulfone groups is 1. The molecule has 0 aromatic heterocycles. The second kappa shape index (κ2) is 6.55. The number of hydrogen-bond donors (Lipinski definition) is 1. The fraction of sp³-hybridized carbons (Fsp3) is 1.00. The molecule has 112 valence electrons. The van der Waals surface area contributed by atoms with Gasteiger partial charge in [0, 0.05) is 18.6 Å². The number of nitrogens with zero attached hydrogens (tertiary/aromatic N) is 1. The van der Waals surface area contributed by atoms with Crippen LogP contribution in [0.1, 0.15) is 39.5 Å². The minimum atomic E-state index is -2.75. The second-order valence-corrected chi connectivity index (χ2v) is 8.30. The summed E-state index contributed by atoms with van der Waals surface area (Å²) in [4.78, 5) is 2.43. The normalized spacial score (nSPS) is 35.6. The van der Waals surface area contributed by atoms with Crippen LogP contribution in [-0.2, 0) is 9.84 Å². The molecule has 3 atom stereocenters. The maximum absolute atomic E-state index is 11.6. The number of rotatable bonds is 5. The molecule has 2 heterocycles. The van der Waals surface area contributed by atoms with E-state index in [4.69, 9.17) is 0 Å². The fourth-order valence-electron chi connectivity index (χ4n) is 3.47. The standard InChI is InChI=1S/C14H28N2O2S/c1-3-7-15-14-5-8-16(10-12(14)4-2)13-6-9-19(17,18)11-13/h12-15H,3-11H2,1-2H3. The molecule has 0 aliphatic carbocycles. The Kier molecular flexibility index (Phi) is 5.26. The minimum Gasteiger partial charge on any atom is -0.314 e. The summed E-state index contributed by atoms with van der Waals surface area (Å²) >= 11 is 0. The van der Waals surface area contributed by atoms with Crippen molar-refractivity contribution in [2.75, 3.05) is 31.1 Å². The van der Waals surface area contributed by atoms with E-state index in [1.54, 1.807) is 0 Å². The van der Waals surface area contributed by atoms with Gasteiger partial charge in [-0.05, 0) is 38.3 Å². The summed E-state index contributed by atoms with van der Waals surface area (Å²) in [6.45, 7) is 7.67. The zero-order valence-corrected chi connectivity index (χ0v) is 13.1. The lowest BCUT2D eigenvalue weighted by Gasteiger charge is -2.41. The third-order valence-corrected chi connectivity index (χ3v) is 6.42. The number of hydrogen-bond acceptors (Lipinski definition) is 4. The quantitative estimate of drug-likeness (QED) is 0.828. The van der Waals surface area contributed by atoms with Gasteiger partial charge in [-0.2, -0.15) is 0 Å². The van der Waals surface area contributed by atoms with Crippen molar-refractivity contribution in [3.63, 3.8) is 0 Å². The molecular formula is C14H28N2O2S. The molecule has 0 bridgehead atoms. The van der Waals surface area contributed by atoms with Gasteiger partial charge >= 0.3 is 0 Å². The number of likely N-dealkylation sites (tertiary alicyclic amines) is 1. The molecule has 2 aliphatic heterocycles. The smallest absolute Gasteiger partial charge is 0.151 e. The van der Waals surface area contributed by atoms with Gasteiger partial charge in [-0.25, -0.2) is 8.42 Å². The molecule has 0 saturated carbocycles. The molecule has 19 heavy (non-hydrogen) atoms. The molecule has 0 spiro atoms. The highest BCUT2D eigenvalue weighted by Gasteiger charge is 2.36. The van der Waals surface area contributed by atoms with E-state index in [0.717, 1.165) is 32.5 Å². The molecule has 3 unspecified atom stereocenters. The Balaban J connectivity index is 1.90. The van der Waals surface area contributed by atoms with Crippen molar-refractivity contribution in [2.45, 2.75) is 51.6 Å². The van der Waals surface area contributed by atoms with Crippen molar-refractivity contribution >= 4 is 9.84 Å². The van der Waals surface area contributed by atoms with Gasteiger partial charge in [0.25, 0.3) is 0 Å². The average Bonchev–Trinajstić information content (AvgIpc) is 2.76. The molecule has 0 aromatic carbocycles. The van der Waals surface area contributed by atoms with Gasteiger partial charge in [0.2, 0.25) is 0 Å². The van der Waals surface area contributed by atoms with E-state index in [0.29, 0.717) is 23.5 Å². The van der Waals surface area contributed by atoms with E-state index in [2.05, 4.69) is 24.1 Å². The highest BCUT2D eigenvalue weighted by molar-refractivity contribution is 7.91. The van der Waals surface area contributed by atoms with Crippen LogP contribution in [-0.4, -0.2) is 56.5 Å². The van der Waals surface area contributed by atoms with E-state index in [1.807, 2.05) is 0 Å². The lowest BCUT2D eigenvalue weighted by molar-refractivity contribution is 0.103. The first kappa shape index (κ1) is 15.3. The van der Waals surface area contributed by atoms with Gasteiger partial charge in [0.05, 0.1) is 11.5 Å². The van der Waals surface area contributed by atoms with Crippen molar-refractivity contribution < 1.29 is 8.42 Å². The van der Waals surface area contributed by atoms with E-state index in [-0.39, 0.29) is 6.04 Å². The third-order valence-electron chi connectivity index (χ3n) is 4.67. The van der Waals surface area contributed by atoms with Gasteiger partial charge in [0.1, 0.15) is 0 Å². The van der Waals surface area contributed by atoms with Crippen molar-refractivity contribution in [1.29, 1.82) is 0 Å². The summed E-state index contributed by atoms with van der Waals surface area (Å²) in [6.07, 6.45) is 4.36. The molecule has 0 amide bonds. The summed E-state index contributed by atoms with van der Waals surface area (Å²) in [7, 11) is -2.75. The first-order valence-corrected chi connectivity index (χ1v) is 9.55. The molecule has 5 heteroatoms. The van der Waals surface area contributed by atoms with Crippen molar-refractivity contribution in [1.82, 2.24) is 10.2 Å². The van der Waals surface area contributed by atoms with Gasteiger partial charge in [-0.1, -0.05) is 20.3 Å². The van der Waals surface area contributed by atoms with Crippen molar-refractivity contribution in [3.8, 4) is 0 Å². The maximum atomic E-state index is 11.6. The highest BCUT2D eigenvalue weighted by Crippen LogP contribution is 2.26. The molecule has 0 radical (unpaired) electrons. The lowest BCUT2D eigenvalue weighted by Crippen LogP contribution is -2.52. The van der Waals surface area contributed by atoms with Crippen molar-refractivity contribution in [3.05, 3.63) is 0 Å². The Morgan fingerprint density at radius 1 is 1.26 bits per heavy atom. The molecule has 4 nitrogen and oxygen atoms in total. The molecule has 1 N–H and O–H groups in total. The monoisotopic (exact) mass is 288 g/mol. The highest BCUT2D eigenvalue weighted by atomic mass is 32.2. The van der Waals surface area contributed by atoms with E-state index in [1.165, 1.54) is 12.8 Å².